The molecule has 3 aromatic heterocycles. The van der Waals surface area contributed by atoms with Crippen LogP contribution in [0.2, 0.25) is 4.34 Å². The van der Waals surface area contributed by atoms with E-state index in [1.54, 1.807) is 19.4 Å². The Balaban J connectivity index is 1.84. The number of hydrogen-bond acceptors (Lipinski definition) is 5. The number of aryl methyl sites for hydroxylation is 1. The summed E-state index contributed by atoms with van der Waals surface area (Å²) in [5.41, 5.74) is 4.46. The zero-order valence-corrected chi connectivity index (χ0v) is 16.4. The molecule has 0 saturated heterocycles. The van der Waals surface area contributed by atoms with Crippen LogP contribution in [0.3, 0.4) is 0 Å². The number of nitrogens with one attached hydrogen (secondary N) is 1. The summed E-state index contributed by atoms with van der Waals surface area (Å²) in [4.78, 5) is 23.3. The van der Waals surface area contributed by atoms with E-state index >= 15 is 0 Å². The van der Waals surface area contributed by atoms with Crippen molar-refractivity contribution in [3.8, 4) is 11.1 Å². The number of methoxy groups -OCH3 is 1. The van der Waals surface area contributed by atoms with Gasteiger partial charge in [0, 0.05) is 19.4 Å². The SMILES string of the molecule is COCc1nc2ccc(-c3ccc(=O)[nH]c3)cc2n1Cc1nc(C)sc1Cl. The van der Waals surface area contributed by atoms with Crippen molar-refractivity contribution < 1.29 is 4.74 Å². The lowest BCUT2D eigenvalue weighted by atomic mass is 10.1. The fraction of sp³-hybridized carbons (Fsp3) is 0.211. The van der Waals surface area contributed by atoms with Crippen molar-refractivity contribution in [2.75, 3.05) is 7.11 Å². The first kappa shape index (κ1) is 17.9. The second kappa shape index (κ2) is 7.26. The van der Waals surface area contributed by atoms with Crippen molar-refractivity contribution in [3.05, 3.63) is 67.7 Å². The Kier molecular flexibility index (Phi) is 4.82. The van der Waals surface area contributed by atoms with Crippen LogP contribution in [0.4, 0.5) is 0 Å². The van der Waals surface area contributed by atoms with Gasteiger partial charge in [-0.05, 0) is 36.2 Å². The van der Waals surface area contributed by atoms with Crippen molar-refractivity contribution in [3.63, 3.8) is 0 Å². The zero-order valence-electron chi connectivity index (χ0n) is 14.8. The number of aromatic amines is 1. The van der Waals surface area contributed by atoms with Crippen LogP contribution in [0.5, 0.6) is 0 Å². The lowest BCUT2D eigenvalue weighted by Crippen LogP contribution is -2.07. The number of pyridine rings is 1. The van der Waals surface area contributed by atoms with Gasteiger partial charge in [-0.15, -0.1) is 11.3 Å². The number of nitrogens with zero attached hydrogens (tertiary/aromatic N) is 3. The normalized spacial score (nSPS) is 11.4. The van der Waals surface area contributed by atoms with Gasteiger partial charge in [-0.1, -0.05) is 17.7 Å². The average molecular weight is 401 g/mol. The molecule has 0 aliphatic heterocycles. The molecule has 138 valence electrons. The van der Waals surface area contributed by atoms with Gasteiger partial charge in [0.2, 0.25) is 5.56 Å². The molecular weight excluding hydrogens is 384 g/mol. The number of ether oxygens (including phenoxy) is 1. The Morgan fingerprint density at radius 3 is 2.70 bits per heavy atom. The third kappa shape index (κ3) is 3.53. The van der Waals surface area contributed by atoms with E-state index in [0.717, 1.165) is 38.7 Å². The maximum Gasteiger partial charge on any atom is 0.247 e. The molecule has 0 atom stereocenters. The molecule has 0 fully saturated rings. The second-order valence-electron chi connectivity index (χ2n) is 6.15. The summed E-state index contributed by atoms with van der Waals surface area (Å²) in [6, 6.07) is 9.34. The summed E-state index contributed by atoms with van der Waals surface area (Å²) in [5, 5.41) is 0.932. The van der Waals surface area contributed by atoms with Crippen LogP contribution in [0.25, 0.3) is 22.2 Å². The van der Waals surface area contributed by atoms with Crippen molar-refractivity contribution in [1.29, 1.82) is 0 Å². The van der Waals surface area contributed by atoms with Gasteiger partial charge in [-0.2, -0.15) is 0 Å². The fourth-order valence-electron chi connectivity index (χ4n) is 3.05. The minimum atomic E-state index is -0.124. The number of rotatable bonds is 5. The van der Waals surface area contributed by atoms with E-state index in [1.165, 1.54) is 17.4 Å². The smallest absolute Gasteiger partial charge is 0.247 e. The van der Waals surface area contributed by atoms with Crippen molar-refractivity contribution >= 4 is 34.0 Å². The quantitative estimate of drug-likeness (QED) is 0.549. The predicted octanol–water partition coefficient (Wildman–Crippen LogP) is 4.00. The highest BCUT2D eigenvalue weighted by Gasteiger charge is 2.15. The Morgan fingerprint density at radius 2 is 2.04 bits per heavy atom. The number of aromatic nitrogens is 4. The number of thiazole rings is 1. The van der Waals surface area contributed by atoms with E-state index in [0.29, 0.717) is 17.5 Å². The molecule has 0 spiro atoms. The predicted molar refractivity (Wildman–Crippen MR) is 107 cm³/mol. The molecule has 8 heteroatoms. The molecule has 0 radical (unpaired) electrons. The van der Waals surface area contributed by atoms with E-state index in [4.69, 9.17) is 21.3 Å². The van der Waals surface area contributed by atoms with Crippen LogP contribution in [0, 0.1) is 6.92 Å². The largest absolute Gasteiger partial charge is 0.377 e. The molecule has 4 aromatic rings. The summed E-state index contributed by atoms with van der Waals surface area (Å²) in [6.07, 6.45) is 1.71. The molecule has 0 aliphatic carbocycles. The highest BCUT2D eigenvalue weighted by molar-refractivity contribution is 7.15. The average Bonchev–Trinajstić information content (AvgIpc) is 3.15. The Bertz CT molecular complexity index is 1160. The Hall–Kier alpha value is -2.48. The summed E-state index contributed by atoms with van der Waals surface area (Å²) in [6.45, 7) is 2.85. The summed E-state index contributed by atoms with van der Waals surface area (Å²) in [5.74, 6) is 0.813. The second-order valence-corrected chi connectivity index (χ2v) is 7.95. The Morgan fingerprint density at radius 1 is 1.22 bits per heavy atom. The van der Waals surface area contributed by atoms with Gasteiger partial charge in [-0.25, -0.2) is 9.97 Å². The standard InChI is InChI=1S/C19H17ClN4O2S/c1-11-22-15(19(20)27-11)9-24-16-7-12(13-4-6-18(25)21-8-13)3-5-14(16)23-17(24)10-26-2/h3-8H,9-10H2,1-2H3,(H,21,25). The molecule has 6 nitrogen and oxygen atoms in total. The minimum absolute atomic E-state index is 0.124. The monoisotopic (exact) mass is 400 g/mol. The molecule has 0 amide bonds. The van der Waals surface area contributed by atoms with Crippen LogP contribution in [-0.4, -0.2) is 26.6 Å². The lowest BCUT2D eigenvalue weighted by Gasteiger charge is -2.08. The van der Waals surface area contributed by atoms with Gasteiger partial charge in [-0.3, -0.25) is 4.79 Å². The summed E-state index contributed by atoms with van der Waals surface area (Å²) < 4.78 is 8.09. The fourth-order valence-corrected chi connectivity index (χ4v) is 4.13. The molecule has 0 unspecified atom stereocenters. The van der Waals surface area contributed by atoms with Gasteiger partial charge >= 0.3 is 0 Å². The number of hydrogen-bond donors (Lipinski definition) is 1. The highest BCUT2D eigenvalue weighted by atomic mass is 35.5. The van der Waals surface area contributed by atoms with Gasteiger partial charge in [0.25, 0.3) is 0 Å². The molecule has 27 heavy (non-hydrogen) atoms. The van der Waals surface area contributed by atoms with Crippen LogP contribution in [-0.2, 0) is 17.9 Å². The lowest BCUT2D eigenvalue weighted by molar-refractivity contribution is 0.175. The van der Waals surface area contributed by atoms with Crippen molar-refractivity contribution in [1.82, 2.24) is 19.5 Å². The summed E-state index contributed by atoms with van der Waals surface area (Å²) in [7, 11) is 1.65. The first-order valence-electron chi connectivity index (χ1n) is 8.34. The number of halogens is 1. The van der Waals surface area contributed by atoms with Crippen LogP contribution in [0.15, 0.2) is 41.3 Å². The Labute approximate surface area is 164 Å². The van der Waals surface area contributed by atoms with E-state index in [1.807, 2.05) is 19.1 Å². The third-order valence-corrected chi connectivity index (χ3v) is 5.53. The maximum absolute atomic E-state index is 11.3. The van der Waals surface area contributed by atoms with Gasteiger partial charge < -0.3 is 14.3 Å². The molecule has 0 bridgehead atoms. The molecular formula is C19H17ClN4O2S. The van der Waals surface area contributed by atoms with Gasteiger partial charge in [0.15, 0.2) is 0 Å². The first-order valence-corrected chi connectivity index (χ1v) is 9.53. The van der Waals surface area contributed by atoms with Crippen molar-refractivity contribution in [2.24, 2.45) is 0 Å². The van der Waals surface area contributed by atoms with Crippen LogP contribution in [0.1, 0.15) is 16.5 Å². The molecule has 1 N–H and O–H groups in total. The van der Waals surface area contributed by atoms with Crippen LogP contribution < -0.4 is 5.56 Å². The number of fused-ring (bicyclic) bond motifs is 1. The molecule has 3 heterocycles. The van der Waals surface area contributed by atoms with Gasteiger partial charge in [0.05, 0.1) is 28.3 Å². The van der Waals surface area contributed by atoms with Crippen LogP contribution >= 0.6 is 22.9 Å². The van der Waals surface area contributed by atoms with Gasteiger partial charge in [0.1, 0.15) is 16.8 Å². The number of benzene rings is 1. The van der Waals surface area contributed by atoms with Crippen molar-refractivity contribution in [2.45, 2.75) is 20.1 Å². The third-order valence-electron chi connectivity index (χ3n) is 4.28. The van der Waals surface area contributed by atoms with E-state index in [-0.39, 0.29) is 5.56 Å². The number of H-pyrrole nitrogens is 1. The zero-order chi connectivity index (χ0) is 19.0. The topological polar surface area (TPSA) is 72.8 Å². The molecule has 4 rings (SSSR count). The highest BCUT2D eigenvalue weighted by Crippen LogP contribution is 2.28. The summed E-state index contributed by atoms with van der Waals surface area (Å²) >= 11 is 7.81. The molecule has 0 saturated carbocycles. The van der Waals surface area contributed by atoms with E-state index in [9.17, 15) is 4.79 Å². The maximum atomic E-state index is 11.3. The van der Waals surface area contributed by atoms with E-state index < -0.39 is 0 Å². The first-order chi connectivity index (χ1) is 13.0. The molecule has 1 aromatic carbocycles. The minimum Gasteiger partial charge on any atom is -0.377 e. The number of imidazole rings is 1. The molecule has 0 aliphatic rings. The van der Waals surface area contributed by atoms with E-state index in [2.05, 4.69) is 20.6 Å².